The molecule has 5 rings (SSSR count). The number of aliphatic hydroxyl groups excluding tert-OH is 1. The van der Waals surface area contributed by atoms with Gasteiger partial charge in [0.2, 0.25) is 11.8 Å². The molecule has 3 fully saturated rings. The molecular weight excluding hydrogens is 676 g/mol. The summed E-state index contributed by atoms with van der Waals surface area (Å²) in [5, 5.41) is 12.8. The molecule has 286 valence electrons. The number of rotatable bonds is 20. The first-order chi connectivity index (χ1) is 25.7. The van der Waals surface area contributed by atoms with Crippen molar-refractivity contribution >= 4 is 35.1 Å². The Morgan fingerprint density at radius 1 is 1.08 bits per heavy atom. The Bertz CT molecular complexity index is 1600. The molecule has 12 nitrogen and oxygen atoms in total. The summed E-state index contributed by atoms with van der Waals surface area (Å²) in [5.41, 5.74) is 1.05. The second kappa shape index (κ2) is 18.0. The average molecular weight is 731 g/mol. The van der Waals surface area contributed by atoms with Crippen LogP contribution in [0.2, 0.25) is 0 Å². The van der Waals surface area contributed by atoms with Crippen molar-refractivity contribution in [3.8, 4) is 0 Å². The lowest BCUT2D eigenvalue weighted by Crippen LogP contribution is -2.56. The van der Waals surface area contributed by atoms with Crippen molar-refractivity contribution in [2.45, 2.75) is 75.8 Å². The molecule has 7 atom stereocenters. The molecule has 3 amide bonds. The van der Waals surface area contributed by atoms with Crippen LogP contribution in [0.15, 0.2) is 79.9 Å². The van der Waals surface area contributed by atoms with Crippen LogP contribution in [-0.2, 0) is 33.4 Å². The molecule has 0 radical (unpaired) electrons. The van der Waals surface area contributed by atoms with Gasteiger partial charge in [-0.15, -0.1) is 13.2 Å². The molecular formula is C41H54N4O8. The average Bonchev–Trinajstić information content (AvgIpc) is 3.82. The molecule has 0 aliphatic carbocycles. The number of aliphatic hydroxyl groups is 1. The van der Waals surface area contributed by atoms with Crippen LogP contribution in [0.5, 0.6) is 0 Å². The highest BCUT2D eigenvalue weighted by atomic mass is 16.6. The summed E-state index contributed by atoms with van der Waals surface area (Å²) in [4.78, 5) is 62.0. The molecule has 0 unspecified atom stereocenters. The fraction of sp³-hybridized carbons (Fsp3) is 0.512. The molecule has 2 aromatic rings. The normalized spacial score (nSPS) is 23.9. The molecule has 3 heterocycles. The minimum atomic E-state index is -1.27. The van der Waals surface area contributed by atoms with E-state index in [1.165, 1.54) is 12.0 Å². The first-order valence-electron chi connectivity index (χ1n) is 18.7. The van der Waals surface area contributed by atoms with Gasteiger partial charge in [0.1, 0.15) is 17.7 Å². The van der Waals surface area contributed by atoms with Crippen LogP contribution in [-0.4, -0.2) is 104 Å². The summed E-state index contributed by atoms with van der Waals surface area (Å²) in [5.74, 6) is -3.57. The number of benzene rings is 2. The Balaban J connectivity index is 1.48. The number of fused-ring (bicyclic) bond motifs is 1. The highest BCUT2D eigenvalue weighted by molar-refractivity contribution is 6.04. The predicted octanol–water partition coefficient (Wildman–Crippen LogP) is 4.19. The van der Waals surface area contributed by atoms with E-state index in [1.807, 2.05) is 54.6 Å². The van der Waals surface area contributed by atoms with Crippen LogP contribution in [0.25, 0.3) is 0 Å². The third-order valence-electron chi connectivity index (χ3n) is 10.7. The molecule has 2 aromatic carbocycles. The van der Waals surface area contributed by atoms with Crippen molar-refractivity contribution in [1.29, 1.82) is 0 Å². The van der Waals surface area contributed by atoms with Crippen molar-refractivity contribution in [3.63, 3.8) is 0 Å². The Hall–Kier alpha value is -4.52. The van der Waals surface area contributed by atoms with Gasteiger partial charge in [-0.3, -0.25) is 19.2 Å². The number of nitrogens with zero attached hydrogens (tertiary/aromatic N) is 3. The summed E-state index contributed by atoms with van der Waals surface area (Å²) < 4.78 is 18.4. The third-order valence-corrected chi connectivity index (χ3v) is 10.7. The van der Waals surface area contributed by atoms with Gasteiger partial charge in [-0.2, -0.15) is 0 Å². The second-order valence-electron chi connectivity index (χ2n) is 13.8. The smallest absolute Gasteiger partial charge is 0.313 e. The molecule has 53 heavy (non-hydrogen) atoms. The first-order valence-corrected chi connectivity index (χ1v) is 18.7. The molecule has 1 spiro atoms. The number of anilines is 2. The van der Waals surface area contributed by atoms with Crippen molar-refractivity contribution in [2.24, 2.45) is 11.8 Å². The molecule has 2 bridgehead atoms. The molecule has 12 heteroatoms. The van der Waals surface area contributed by atoms with E-state index in [4.69, 9.17) is 14.2 Å². The maximum atomic E-state index is 14.8. The molecule has 3 saturated heterocycles. The summed E-state index contributed by atoms with van der Waals surface area (Å²) in [7, 11) is 1.50. The number of hydrogen-bond donors (Lipinski definition) is 2. The molecule has 0 aromatic heterocycles. The highest BCUT2D eigenvalue weighted by Gasteiger charge is 2.75. The maximum Gasteiger partial charge on any atom is 0.313 e. The van der Waals surface area contributed by atoms with Gasteiger partial charge >= 0.3 is 5.97 Å². The number of carbonyl (C=O) groups excluding carboxylic acids is 4. The van der Waals surface area contributed by atoms with E-state index in [2.05, 4.69) is 37.2 Å². The van der Waals surface area contributed by atoms with E-state index in [0.29, 0.717) is 30.5 Å². The van der Waals surface area contributed by atoms with E-state index in [0.717, 1.165) is 18.8 Å². The third kappa shape index (κ3) is 8.05. The number of likely N-dealkylation sites (tertiary alicyclic amines) is 1. The minimum absolute atomic E-state index is 0.0596. The number of methoxy groups -OCH3 is 1. The van der Waals surface area contributed by atoms with Crippen molar-refractivity contribution in [3.05, 3.63) is 85.5 Å². The van der Waals surface area contributed by atoms with Gasteiger partial charge in [0.25, 0.3) is 5.91 Å². The van der Waals surface area contributed by atoms with Crippen molar-refractivity contribution < 1.29 is 38.5 Å². The molecule has 2 N–H and O–H groups in total. The number of hydrogen-bond acceptors (Lipinski definition) is 9. The highest BCUT2D eigenvalue weighted by Crippen LogP contribution is 2.59. The Labute approximate surface area is 312 Å². The molecule has 3 aliphatic rings. The molecule has 0 saturated carbocycles. The van der Waals surface area contributed by atoms with Crippen LogP contribution < -0.4 is 15.1 Å². The zero-order valence-electron chi connectivity index (χ0n) is 31.2. The Morgan fingerprint density at radius 2 is 1.77 bits per heavy atom. The Kier molecular flexibility index (Phi) is 13.5. The largest absolute Gasteiger partial charge is 0.455 e. The SMILES string of the molecule is C=CCCC(=O)N[C@@H](COC)[C@@H](OC(=O)[C@@H]1[C@@H]2CC[C@]3(O2)[C@H](C(=O)N(CC=C)c2ccc(N(CC)CC)cc2)N(CCCO)C(=O)[C@@H]13)c1ccccc1. The molecule has 3 aliphatic heterocycles. The van der Waals surface area contributed by atoms with Crippen LogP contribution in [0.1, 0.15) is 57.6 Å². The van der Waals surface area contributed by atoms with Gasteiger partial charge in [0.05, 0.1) is 30.6 Å². The van der Waals surface area contributed by atoms with Gasteiger partial charge in [0.15, 0.2) is 0 Å². The van der Waals surface area contributed by atoms with E-state index in [1.54, 1.807) is 17.1 Å². The quantitative estimate of drug-likeness (QED) is 0.152. The zero-order valence-corrected chi connectivity index (χ0v) is 31.2. The number of esters is 1. The van der Waals surface area contributed by atoms with Gasteiger partial charge in [0, 0.05) is 57.7 Å². The van der Waals surface area contributed by atoms with Gasteiger partial charge in [-0.25, -0.2) is 0 Å². The van der Waals surface area contributed by atoms with Crippen molar-refractivity contribution in [2.75, 3.05) is 56.3 Å². The fourth-order valence-corrected chi connectivity index (χ4v) is 8.34. The van der Waals surface area contributed by atoms with E-state index >= 15 is 0 Å². The number of amides is 3. The number of ether oxygens (including phenoxy) is 3. The topological polar surface area (TPSA) is 138 Å². The summed E-state index contributed by atoms with van der Waals surface area (Å²) in [6, 6.07) is 15.1. The van der Waals surface area contributed by atoms with Crippen LogP contribution in [0.3, 0.4) is 0 Å². The van der Waals surface area contributed by atoms with Gasteiger partial charge in [-0.05, 0) is 69.4 Å². The van der Waals surface area contributed by atoms with Gasteiger partial charge in [-0.1, -0.05) is 42.5 Å². The Morgan fingerprint density at radius 3 is 2.40 bits per heavy atom. The zero-order chi connectivity index (χ0) is 38.1. The standard InChI is InChI=1S/C41H54N4O8/c1-6-10-17-33(47)42-31(27-51-5)36(28-15-12-11-13-16-28)52-40(50)34-32-22-23-41(53-32)35(34)38(48)45(25-14-26-46)37(41)39(49)44(24-7-2)30-20-18-29(19-21-30)43(8-3)9-4/h6-7,11-13,15-16,18-21,31-32,34-37,46H,1-2,8-10,14,17,22-27H2,3-5H3,(H,42,47)/t31-,32-,34+,35+,36-,37-,41+/m0/s1. The fourth-order valence-electron chi connectivity index (χ4n) is 8.34. The lowest BCUT2D eigenvalue weighted by atomic mass is 9.70. The van der Waals surface area contributed by atoms with Crippen molar-refractivity contribution in [1.82, 2.24) is 10.2 Å². The lowest BCUT2D eigenvalue weighted by Gasteiger charge is -2.37. The summed E-state index contributed by atoms with van der Waals surface area (Å²) >= 11 is 0. The minimum Gasteiger partial charge on any atom is -0.455 e. The maximum absolute atomic E-state index is 14.8. The van der Waals surface area contributed by atoms with Crippen LogP contribution in [0, 0.1) is 11.8 Å². The summed E-state index contributed by atoms with van der Waals surface area (Å²) in [6.07, 6.45) is 3.51. The predicted molar refractivity (Wildman–Crippen MR) is 202 cm³/mol. The van der Waals surface area contributed by atoms with E-state index in [-0.39, 0.29) is 56.9 Å². The number of carbonyl (C=O) groups is 4. The monoisotopic (exact) mass is 730 g/mol. The van der Waals surface area contributed by atoms with Gasteiger partial charge < -0.3 is 39.3 Å². The first kappa shape index (κ1) is 39.7. The second-order valence-corrected chi connectivity index (χ2v) is 13.8. The van der Waals surface area contributed by atoms with E-state index < -0.39 is 47.7 Å². The van der Waals surface area contributed by atoms with Crippen LogP contribution >= 0.6 is 0 Å². The van der Waals surface area contributed by atoms with Crippen LogP contribution in [0.4, 0.5) is 11.4 Å². The summed E-state index contributed by atoms with van der Waals surface area (Å²) in [6.45, 7) is 13.6. The number of nitrogens with one attached hydrogen (secondary N) is 1. The lowest BCUT2D eigenvalue weighted by molar-refractivity contribution is -0.163. The number of allylic oxidation sites excluding steroid dienone is 1. The van der Waals surface area contributed by atoms with E-state index in [9.17, 15) is 24.3 Å².